The van der Waals surface area contributed by atoms with Crippen molar-refractivity contribution in [2.24, 2.45) is 56.7 Å². The quantitative estimate of drug-likeness (QED) is 0.193. The van der Waals surface area contributed by atoms with Crippen LogP contribution in [0.15, 0.2) is 11.6 Å². The molecule has 4 aliphatic carbocycles. The minimum absolute atomic E-state index is 0.00331. The summed E-state index contributed by atoms with van der Waals surface area (Å²) in [5, 5.41) is 12.9. The number of methoxy groups -OCH3 is 1. The number of nitrogens with zero attached hydrogens (tertiary/aromatic N) is 1. The van der Waals surface area contributed by atoms with E-state index >= 15 is 0 Å². The van der Waals surface area contributed by atoms with E-state index in [9.17, 15) is 9.90 Å². The van der Waals surface area contributed by atoms with Gasteiger partial charge in [-0.2, -0.15) is 0 Å². The first kappa shape index (κ1) is 32.4. The first-order valence-corrected chi connectivity index (χ1v) is 16.7. The van der Waals surface area contributed by atoms with Gasteiger partial charge in [0.2, 0.25) is 0 Å². The van der Waals surface area contributed by atoms with Crippen LogP contribution >= 0.6 is 0 Å². The second kappa shape index (κ2) is 11.1. The number of allylic oxidation sites excluding steroid dienone is 1. The Morgan fingerprint density at radius 3 is 2.45 bits per heavy atom. The maximum atomic E-state index is 13.3. The summed E-state index contributed by atoms with van der Waals surface area (Å²) in [6.45, 7) is 19.1. The fourth-order valence-corrected chi connectivity index (χ4v) is 11.5. The van der Waals surface area contributed by atoms with Crippen LogP contribution in [-0.2, 0) is 19.0 Å². The van der Waals surface area contributed by atoms with E-state index in [0.29, 0.717) is 36.9 Å². The van der Waals surface area contributed by atoms with Crippen LogP contribution in [0, 0.1) is 56.7 Å². The predicted molar refractivity (Wildman–Crippen MR) is 166 cm³/mol. The lowest BCUT2D eigenvalue weighted by Gasteiger charge is -2.71. The molecule has 5 rings (SSSR count). The topological polar surface area (TPSA) is 80.3 Å². The van der Waals surface area contributed by atoms with Gasteiger partial charge in [0, 0.05) is 38.6 Å². The first-order chi connectivity index (χ1) is 19.6. The van der Waals surface area contributed by atoms with E-state index in [1.54, 1.807) is 5.57 Å². The van der Waals surface area contributed by atoms with E-state index in [1.165, 1.54) is 0 Å². The summed E-state index contributed by atoms with van der Waals surface area (Å²) in [5.41, 5.74) is 4.08. The third-order valence-corrected chi connectivity index (χ3v) is 14.2. The standard InChI is InChI=1S/C35H60N2O5/c1-22(2)23(3)31(4)15-16-33(6)24-11-12-27-32(5)20-41-21-35(27,25(24)13-14-34(33,7)28(31)30(38)39)19-26(40-10)29(32)42-18-17-36-37(8)9/h13,22-24,26-29,36H,11-12,14-21H2,1-10H3,(H,38,39)/t23-,24?,26-,27+,28-,29+,31-,32+,33-,34+,35?/m1/s1. The number of fused-ring (bicyclic) bond motifs is 3. The average Bonchev–Trinajstić information content (AvgIpc) is 2.91. The zero-order chi connectivity index (χ0) is 30.9. The highest BCUT2D eigenvalue weighted by molar-refractivity contribution is 5.73. The van der Waals surface area contributed by atoms with Crippen LogP contribution in [0.3, 0.4) is 0 Å². The molecule has 0 radical (unpaired) electrons. The summed E-state index contributed by atoms with van der Waals surface area (Å²) in [6.07, 6.45) is 8.55. The van der Waals surface area contributed by atoms with Crippen molar-refractivity contribution in [3.8, 4) is 0 Å². The number of aliphatic carboxylic acids is 1. The minimum atomic E-state index is -0.600. The Hall–Kier alpha value is -0.990. The number of ether oxygens (including phenoxy) is 3. The summed E-state index contributed by atoms with van der Waals surface area (Å²) in [4.78, 5) is 13.3. The van der Waals surface area contributed by atoms with Gasteiger partial charge in [0.1, 0.15) is 0 Å². The molecule has 0 aromatic rings. The number of nitrogens with one attached hydrogen (secondary N) is 1. The second-order valence-corrected chi connectivity index (χ2v) is 16.4. The van der Waals surface area contributed by atoms with Gasteiger partial charge in [-0.25, -0.2) is 0 Å². The smallest absolute Gasteiger partial charge is 0.307 e. The number of hydrazine groups is 1. The van der Waals surface area contributed by atoms with Gasteiger partial charge >= 0.3 is 5.97 Å². The molecule has 2 N–H and O–H groups in total. The summed E-state index contributed by atoms with van der Waals surface area (Å²) in [5.74, 6) is 0.673. The van der Waals surface area contributed by atoms with Gasteiger partial charge in [-0.15, -0.1) is 0 Å². The highest BCUT2D eigenvalue weighted by Crippen LogP contribution is 2.75. The van der Waals surface area contributed by atoms with Crippen molar-refractivity contribution in [2.45, 2.75) is 99.2 Å². The predicted octanol–water partition coefficient (Wildman–Crippen LogP) is 6.04. The fourth-order valence-electron chi connectivity index (χ4n) is 11.5. The number of carboxylic acid groups (broad SMARTS) is 1. The fraction of sp³-hybridized carbons (Fsp3) is 0.914. The van der Waals surface area contributed by atoms with Crippen LogP contribution in [0.5, 0.6) is 0 Å². The maximum Gasteiger partial charge on any atom is 0.307 e. The zero-order valence-electron chi connectivity index (χ0n) is 28.2. The summed E-state index contributed by atoms with van der Waals surface area (Å²) in [7, 11) is 5.85. The van der Waals surface area contributed by atoms with Crippen molar-refractivity contribution in [2.75, 3.05) is 47.6 Å². The van der Waals surface area contributed by atoms with Gasteiger partial charge in [-0.1, -0.05) is 60.1 Å². The number of hydrogen-bond donors (Lipinski definition) is 2. The lowest BCUT2D eigenvalue weighted by molar-refractivity contribution is -0.267. The molecule has 7 nitrogen and oxygen atoms in total. The Morgan fingerprint density at radius 2 is 1.83 bits per heavy atom. The van der Waals surface area contributed by atoms with Crippen molar-refractivity contribution in [1.82, 2.24) is 10.4 Å². The van der Waals surface area contributed by atoms with Gasteiger partial charge in [-0.05, 0) is 78.4 Å². The van der Waals surface area contributed by atoms with Gasteiger partial charge in [0.15, 0.2) is 0 Å². The van der Waals surface area contributed by atoms with Crippen LogP contribution in [0.25, 0.3) is 0 Å². The molecule has 1 heterocycles. The van der Waals surface area contributed by atoms with Gasteiger partial charge in [0.25, 0.3) is 0 Å². The van der Waals surface area contributed by atoms with Gasteiger partial charge in [-0.3, -0.25) is 15.2 Å². The van der Waals surface area contributed by atoms with Crippen LogP contribution in [0.4, 0.5) is 0 Å². The third kappa shape index (κ3) is 4.49. The molecule has 0 amide bonds. The summed E-state index contributed by atoms with van der Waals surface area (Å²) in [6, 6.07) is 0. The van der Waals surface area contributed by atoms with Crippen molar-refractivity contribution in [3.63, 3.8) is 0 Å². The zero-order valence-corrected chi connectivity index (χ0v) is 28.2. The van der Waals surface area contributed by atoms with Gasteiger partial charge < -0.3 is 19.3 Å². The van der Waals surface area contributed by atoms with Crippen molar-refractivity contribution in [1.29, 1.82) is 0 Å². The summed E-state index contributed by atoms with van der Waals surface area (Å²) < 4.78 is 19.5. The molecular weight excluding hydrogens is 528 g/mol. The Labute approximate surface area is 255 Å². The van der Waals surface area contributed by atoms with Crippen LogP contribution in [-0.4, -0.2) is 75.9 Å². The highest BCUT2D eigenvalue weighted by Gasteiger charge is 2.71. The minimum Gasteiger partial charge on any atom is -0.481 e. The lowest BCUT2D eigenvalue weighted by Crippen LogP contribution is -2.70. The molecule has 0 aromatic carbocycles. The number of carboxylic acids is 1. The van der Waals surface area contributed by atoms with E-state index in [1.807, 2.05) is 26.2 Å². The molecule has 0 spiro atoms. The number of rotatable bonds is 9. The molecule has 1 aliphatic heterocycles. The molecule has 3 saturated carbocycles. The molecule has 2 bridgehead atoms. The Bertz CT molecular complexity index is 1060. The molecule has 240 valence electrons. The van der Waals surface area contributed by atoms with Crippen LogP contribution < -0.4 is 5.43 Å². The van der Waals surface area contributed by atoms with Crippen LogP contribution in [0.2, 0.25) is 0 Å². The molecule has 11 atom stereocenters. The SMILES string of the molecule is CO[C@@H]1CC23COC[C@@](C)([C@@H]2CCC2C3=CC[C@@]3(C)[C@H](C(=O)O)[C@@](C)([C@H](C)C(C)C)CC[C@]23C)[C@H]1OCCNN(C)C. The van der Waals surface area contributed by atoms with Crippen molar-refractivity contribution < 1.29 is 24.1 Å². The number of carbonyl (C=O) groups is 1. The molecule has 7 heteroatoms. The van der Waals surface area contributed by atoms with Crippen molar-refractivity contribution in [3.05, 3.63) is 11.6 Å². The van der Waals surface area contributed by atoms with E-state index in [0.717, 1.165) is 51.7 Å². The lowest BCUT2D eigenvalue weighted by atomic mass is 9.34. The molecule has 42 heavy (non-hydrogen) atoms. The number of hydrogen-bond acceptors (Lipinski definition) is 6. The largest absolute Gasteiger partial charge is 0.481 e. The third-order valence-electron chi connectivity index (χ3n) is 14.2. The molecular formula is C35H60N2O5. The van der Waals surface area contributed by atoms with Crippen molar-refractivity contribution >= 4 is 5.97 Å². The monoisotopic (exact) mass is 588 g/mol. The Morgan fingerprint density at radius 1 is 1.12 bits per heavy atom. The first-order valence-electron chi connectivity index (χ1n) is 16.7. The molecule has 0 aromatic heterocycles. The molecule has 5 aliphatic rings. The Balaban J connectivity index is 1.52. The van der Waals surface area contributed by atoms with E-state index in [2.05, 4.69) is 60.0 Å². The molecule has 1 saturated heterocycles. The molecule has 4 fully saturated rings. The highest BCUT2D eigenvalue weighted by atomic mass is 16.5. The maximum absolute atomic E-state index is 13.3. The average molecular weight is 589 g/mol. The normalized spacial score (nSPS) is 47.3. The van der Waals surface area contributed by atoms with E-state index in [-0.39, 0.29) is 45.2 Å². The second-order valence-electron chi connectivity index (χ2n) is 16.4. The van der Waals surface area contributed by atoms with Crippen LogP contribution in [0.1, 0.15) is 87.0 Å². The van der Waals surface area contributed by atoms with Gasteiger partial charge in [0.05, 0.1) is 37.9 Å². The molecule has 2 unspecified atom stereocenters. The van der Waals surface area contributed by atoms with E-state index < -0.39 is 5.97 Å². The van der Waals surface area contributed by atoms with E-state index in [4.69, 9.17) is 14.2 Å². The Kier molecular flexibility index (Phi) is 8.58. The summed E-state index contributed by atoms with van der Waals surface area (Å²) >= 11 is 0.